The van der Waals surface area contributed by atoms with Gasteiger partial charge in [0, 0.05) is 24.2 Å². The van der Waals surface area contributed by atoms with Gasteiger partial charge in [-0.3, -0.25) is 4.79 Å². The number of benzene rings is 2. The van der Waals surface area contributed by atoms with E-state index in [1.807, 2.05) is 12.1 Å². The van der Waals surface area contributed by atoms with Crippen LogP contribution in [0.4, 0.5) is 0 Å². The molecule has 0 atom stereocenters. The maximum atomic E-state index is 12.9. The average Bonchev–Trinajstić information content (AvgIpc) is 2.87. The van der Waals surface area contributed by atoms with Crippen molar-refractivity contribution >= 4 is 16.8 Å². The fraction of sp³-hybridized carbons (Fsp3) is 0.375. The fourth-order valence-corrected chi connectivity index (χ4v) is 4.28. The van der Waals surface area contributed by atoms with E-state index in [0.717, 1.165) is 36.0 Å². The molecule has 2 aromatic carbocycles. The molecule has 0 spiro atoms. The number of hydrogen-bond donors (Lipinski definition) is 2. The van der Waals surface area contributed by atoms with Crippen LogP contribution < -0.4 is 5.32 Å². The fourth-order valence-electron chi connectivity index (χ4n) is 4.28. The van der Waals surface area contributed by atoms with Crippen molar-refractivity contribution in [3.8, 4) is 0 Å². The first-order valence-corrected chi connectivity index (χ1v) is 10.2. The minimum absolute atomic E-state index is 0.0139. The summed E-state index contributed by atoms with van der Waals surface area (Å²) in [4.78, 5) is 18.7. The van der Waals surface area contributed by atoms with Crippen molar-refractivity contribution in [1.82, 2.24) is 15.2 Å². The molecule has 4 heteroatoms. The highest BCUT2D eigenvalue weighted by molar-refractivity contribution is 6.06. The highest BCUT2D eigenvalue weighted by Crippen LogP contribution is 2.30. The van der Waals surface area contributed by atoms with Crippen LogP contribution in [-0.2, 0) is 25.9 Å². The summed E-state index contributed by atoms with van der Waals surface area (Å²) in [7, 11) is 4.13. The van der Waals surface area contributed by atoms with Crippen LogP contribution in [0.15, 0.2) is 42.5 Å². The second-order valence-corrected chi connectivity index (χ2v) is 8.11. The summed E-state index contributed by atoms with van der Waals surface area (Å²) >= 11 is 0. The van der Waals surface area contributed by atoms with E-state index in [0.29, 0.717) is 6.54 Å². The number of fused-ring (bicyclic) bond motifs is 3. The molecule has 0 saturated carbocycles. The number of amides is 1. The summed E-state index contributed by atoms with van der Waals surface area (Å²) in [6, 6.07) is 14.5. The van der Waals surface area contributed by atoms with Gasteiger partial charge in [-0.25, -0.2) is 0 Å². The number of H-pyrrole nitrogens is 1. The number of para-hydroxylation sites is 1. The summed E-state index contributed by atoms with van der Waals surface area (Å²) in [5, 5.41) is 4.33. The second-order valence-electron chi connectivity index (χ2n) is 8.11. The van der Waals surface area contributed by atoms with E-state index in [-0.39, 0.29) is 5.91 Å². The number of rotatable bonds is 5. The number of carbonyl (C=O) groups excluding carboxylic acids is 1. The van der Waals surface area contributed by atoms with Gasteiger partial charge in [0.15, 0.2) is 0 Å². The van der Waals surface area contributed by atoms with Crippen molar-refractivity contribution in [3.63, 3.8) is 0 Å². The summed E-state index contributed by atoms with van der Waals surface area (Å²) in [6.07, 6.45) is 5.95. The topological polar surface area (TPSA) is 48.1 Å². The molecule has 0 radical (unpaired) electrons. The maximum absolute atomic E-state index is 12.9. The Morgan fingerprint density at radius 1 is 1.04 bits per heavy atom. The van der Waals surface area contributed by atoms with Crippen molar-refractivity contribution in [3.05, 3.63) is 70.4 Å². The van der Waals surface area contributed by atoms with Crippen LogP contribution in [-0.4, -0.2) is 29.9 Å². The number of hydrogen-bond acceptors (Lipinski definition) is 2. The molecule has 2 N–H and O–H groups in total. The first kappa shape index (κ1) is 18.8. The number of aromatic nitrogens is 1. The zero-order valence-corrected chi connectivity index (χ0v) is 16.8. The van der Waals surface area contributed by atoms with E-state index in [9.17, 15) is 4.79 Å². The molecule has 1 aliphatic rings. The van der Waals surface area contributed by atoms with Crippen LogP contribution in [0.25, 0.3) is 10.9 Å². The number of aromatic amines is 1. The number of aryl methyl sites for hydroxylation is 2. The molecular formula is C24H29N3O. The molecule has 146 valence electrons. The molecule has 0 bridgehead atoms. The summed E-state index contributed by atoms with van der Waals surface area (Å²) < 4.78 is 0. The van der Waals surface area contributed by atoms with Crippen LogP contribution in [0, 0.1) is 0 Å². The zero-order chi connectivity index (χ0) is 19.5. The summed E-state index contributed by atoms with van der Waals surface area (Å²) in [6.45, 7) is 1.44. The number of nitrogens with zero attached hydrogens (tertiary/aromatic N) is 1. The average molecular weight is 376 g/mol. The third-order valence-electron chi connectivity index (χ3n) is 5.57. The quantitative estimate of drug-likeness (QED) is 0.648. The third-order valence-corrected chi connectivity index (χ3v) is 5.57. The minimum Gasteiger partial charge on any atom is -0.358 e. The third kappa shape index (κ3) is 3.97. The molecule has 1 aromatic heterocycles. The van der Waals surface area contributed by atoms with Gasteiger partial charge in [-0.15, -0.1) is 0 Å². The van der Waals surface area contributed by atoms with Crippen LogP contribution in [0.2, 0.25) is 0 Å². The van der Waals surface area contributed by atoms with Crippen molar-refractivity contribution in [2.75, 3.05) is 14.1 Å². The Kier molecular flexibility index (Phi) is 5.49. The standard InChI is InChI=1S/C24H29N3O/c1-27(2)16-18-9-6-8-17(14-18)15-25-24(28)21-12-7-11-20-19-10-4-3-5-13-22(19)26-23(20)21/h6-9,11-12,14,26H,3-5,10,13,15-16H2,1-2H3,(H,25,28). The monoisotopic (exact) mass is 375 g/mol. The molecule has 0 aliphatic heterocycles. The number of nitrogens with one attached hydrogen (secondary N) is 2. The molecule has 0 saturated heterocycles. The lowest BCUT2D eigenvalue weighted by Gasteiger charge is -2.11. The Morgan fingerprint density at radius 2 is 1.82 bits per heavy atom. The Morgan fingerprint density at radius 3 is 2.68 bits per heavy atom. The van der Waals surface area contributed by atoms with Gasteiger partial charge in [-0.1, -0.05) is 42.8 Å². The number of carbonyl (C=O) groups is 1. The molecule has 0 unspecified atom stereocenters. The smallest absolute Gasteiger partial charge is 0.253 e. The predicted molar refractivity (Wildman–Crippen MR) is 115 cm³/mol. The Hall–Kier alpha value is -2.59. The van der Waals surface area contributed by atoms with E-state index in [1.165, 1.54) is 41.5 Å². The minimum atomic E-state index is -0.0139. The van der Waals surface area contributed by atoms with Crippen molar-refractivity contribution in [2.45, 2.75) is 45.2 Å². The van der Waals surface area contributed by atoms with Crippen molar-refractivity contribution in [2.24, 2.45) is 0 Å². The van der Waals surface area contributed by atoms with Crippen LogP contribution in [0.3, 0.4) is 0 Å². The zero-order valence-electron chi connectivity index (χ0n) is 16.8. The van der Waals surface area contributed by atoms with Gasteiger partial charge in [0.2, 0.25) is 0 Å². The van der Waals surface area contributed by atoms with Gasteiger partial charge in [-0.2, -0.15) is 0 Å². The molecule has 3 aromatic rings. The van der Waals surface area contributed by atoms with Gasteiger partial charge >= 0.3 is 0 Å². The molecular weight excluding hydrogens is 346 g/mol. The first-order chi connectivity index (χ1) is 13.6. The largest absolute Gasteiger partial charge is 0.358 e. The molecule has 1 aliphatic carbocycles. The van der Waals surface area contributed by atoms with Crippen LogP contribution >= 0.6 is 0 Å². The molecule has 4 nitrogen and oxygen atoms in total. The van der Waals surface area contributed by atoms with Gasteiger partial charge in [0.1, 0.15) is 0 Å². The summed E-state index contributed by atoms with van der Waals surface area (Å²) in [5.41, 5.74) is 6.86. The lowest BCUT2D eigenvalue weighted by Crippen LogP contribution is -2.23. The van der Waals surface area contributed by atoms with E-state index in [2.05, 4.69) is 59.6 Å². The highest BCUT2D eigenvalue weighted by Gasteiger charge is 2.18. The first-order valence-electron chi connectivity index (χ1n) is 10.2. The Bertz CT molecular complexity index is 987. The van der Waals surface area contributed by atoms with Crippen LogP contribution in [0.1, 0.15) is 52.0 Å². The van der Waals surface area contributed by atoms with Gasteiger partial charge in [-0.05, 0) is 62.5 Å². The van der Waals surface area contributed by atoms with Crippen molar-refractivity contribution in [1.29, 1.82) is 0 Å². The summed E-state index contributed by atoms with van der Waals surface area (Å²) in [5.74, 6) is -0.0139. The van der Waals surface area contributed by atoms with Gasteiger partial charge in [0.25, 0.3) is 5.91 Å². The molecule has 28 heavy (non-hydrogen) atoms. The Labute approximate surface area is 166 Å². The van der Waals surface area contributed by atoms with Crippen LogP contribution in [0.5, 0.6) is 0 Å². The SMILES string of the molecule is CN(C)Cc1cccc(CNC(=O)c2cccc3c4c([nH]c23)CCCCC4)c1. The van der Waals surface area contributed by atoms with Gasteiger partial charge < -0.3 is 15.2 Å². The molecule has 1 amide bonds. The lowest BCUT2D eigenvalue weighted by molar-refractivity contribution is 0.0952. The molecule has 4 rings (SSSR count). The Balaban J connectivity index is 1.53. The van der Waals surface area contributed by atoms with Crippen molar-refractivity contribution < 1.29 is 4.79 Å². The van der Waals surface area contributed by atoms with E-state index in [1.54, 1.807) is 0 Å². The molecule has 0 fully saturated rings. The van der Waals surface area contributed by atoms with Gasteiger partial charge in [0.05, 0.1) is 11.1 Å². The highest BCUT2D eigenvalue weighted by atomic mass is 16.1. The maximum Gasteiger partial charge on any atom is 0.253 e. The van der Waals surface area contributed by atoms with E-state index < -0.39 is 0 Å². The van der Waals surface area contributed by atoms with E-state index >= 15 is 0 Å². The molecule has 1 heterocycles. The van der Waals surface area contributed by atoms with E-state index in [4.69, 9.17) is 0 Å². The lowest BCUT2D eigenvalue weighted by atomic mass is 10.0. The predicted octanol–water partition coefficient (Wildman–Crippen LogP) is 4.43. The normalized spacial score (nSPS) is 14.1. The second kappa shape index (κ2) is 8.19.